The van der Waals surface area contributed by atoms with Crippen molar-refractivity contribution in [1.29, 1.82) is 0 Å². The topological polar surface area (TPSA) is 136 Å². The molecule has 4 heterocycles. The highest BCUT2D eigenvalue weighted by atomic mass is 35.5. The Kier molecular flexibility index (Phi) is 5.82. The highest BCUT2D eigenvalue weighted by Crippen LogP contribution is 2.26. The van der Waals surface area contributed by atoms with Crippen molar-refractivity contribution in [2.24, 2.45) is 0 Å². The molecule has 2 saturated heterocycles. The molecule has 11 nitrogen and oxygen atoms in total. The van der Waals surface area contributed by atoms with E-state index in [1.807, 2.05) is 9.80 Å². The number of nitrogens with one attached hydrogen (secondary N) is 3. The SMILES string of the molecule is O=C(N[C@H]1CCN(c2cn[nH]c(=O)c2Cl)C1)O[C@@H]1CCN(c2cn[nH]c(=O)c2Cl)C1. The number of alkyl carbamates (subject to hydrolysis) is 1. The number of aromatic amines is 2. The number of hydrogen-bond donors (Lipinski definition) is 3. The van der Waals surface area contributed by atoms with Crippen LogP contribution in [-0.4, -0.2) is 64.8 Å². The summed E-state index contributed by atoms with van der Waals surface area (Å²) in [7, 11) is 0. The molecule has 2 aliphatic rings. The van der Waals surface area contributed by atoms with Gasteiger partial charge in [-0.15, -0.1) is 0 Å². The van der Waals surface area contributed by atoms with E-state index in [9.17, 15) is 14.4 Å². The lowest BCUT2D eigenvalue weighted by Gasteiger charge is -2.20. The molecule has 160 valence electrons. The zero-order valence-corrected chi connectivity index (χ0v) is 17.2. The van der Waals surface area contributed by atoms with Crippen LogP contribution < -0.4 is 26.2 Å². The molecule has 0 aliphatic carbocycles. The molecule has 0 radical (unpaired) electrons. The Morgan fingerprint density at radius 2 is 1.57 bits per heavy atom. The van der Waals surface area contributed by atoms with Crippen molar-refractivity contribution in [3.63, 3.8) is 0 Å². The van der Waals surface area contributed by atoms with Gasteiger partial charge in [0.05, 0.1) is 36.4 Å². The predicted molar refractivity (Wildman–Crippen MR) is 111 cm³/mol. The fourth-order valence-corrected chi connectivity index (χ4v) is 4.10. The van der Waals surface area contributed by atoms with E-state index in [0.717, 1.165) is 0 Å². The second kappa shape index (κ2) is 8.52. The highest BCUT2D eigenvalue weighted by molar-refractivity contribution is 6.33. The second-order valence-electron chi connectivity index (χ2n) is 7.13. The van der Waals surface area contributed by atoms with Gasteiger partial charge in [0.1, 0.15) is 16.1 Å². The van der Waals surface area contributed by atoms with Crippen LogP contribution in [0.15, 0.2) is 22.0 Å². The molecule has 2 aromatic rings. The van der Waals surface area contributed by atoms with Crippen LogP contribution in [0, 0.1) is 0 Å². The van der Waals surface area contributed by atoms with Crippen molar-refractivity contribution in [3.05, 3.63) is 43.1 Å². The van der Waals surface area contributed by atoms with Gasteiger partial charge in [-0.3, -0.25) is 9.59 Å². The van der Waals surface area contributed by atoms with Crippen molar-refractivity contribution in [2.75, 3.05) is 36.0 Å². The minimum absolute atomic E-state index is 0.0639. The molecule has 2 fully saturated rings. The summed E-state index contributed by atoms with van der Waals surface area (Å²) in [4.78, 5) is 39.3. The van der Waals surface area contributed by atoms with Gasteiger partial charge in [0.2, 0.25) is 0 Å². The van der Waals surface area contributed by atoms with Crippen molar-refractivity contribution >= 4 is 40.7 Å². The van der Waals surface area contributed by atoms with Crippen LogP contribution in [0.25, 0.3) is 0 Å². The Hall–Kier alpha value is -2.79. The Morgan fingerprint density at radius 3 is 2.20 bits per heavy atom. The fraction of sp³-hybridized carbons (Fsp3) is 0.471. The van der Waals surface area contributed by atoms with Crippen molar-refractivity contribution in [2.45, 2.75) is 25.0 Å². The minimum atomic E-state index is -0.515. The van der Waals surface area contributed by atoms with E-state index in [0.29, 0.717) is 50.4 Å². The van der Waals surface area contributed by atoms with Gasteiger partial charge in [-0.05, 0) is 6.42 Å². The van der Waals surface area contributed by atoms with Crippen molar-refractivity contribution < 1.29 is 9.53 Å². The third-order valence-corrected chi connectivity index (χ3v) is 5.90. The number of nitrogens with zero attached hydrogens (tertiary/aromatic N) is 4. The summed E-state index contributed by atoms with van der Waals surface area (Å²) in [6.07, 6.45) is 3.42. The summed E-state index contributed by atoms with van der Waals surface area (Å²) < 4.78 is 5.53. The maximum absolute atomic E-state index is 12.3. The number of halogens is 2. The Balaban J connectivity index is 1.29. The van der Waals surface area contributed by atoms with E-state index >= 15 is 0 Å². The van der Waals surface area contributed by atoms with Gasteiger partial charge in [-0.2, -0.15) is 10.2 Å². The monoisotopic (exact) mass is 455 g/mol. The summed E-state index contributed by atoms with van der Waals surface area (Å²) in [5.74, 6) is 0. The molecular formula is C17H19Cl2N7O4. The molecule has 4 rings (SSSR count). The quantitative estimate of drug-likeness (QED) is 0.613. The smallest absolute Gasteiger partial charge is 0.407 e. The summed E-state index contributed by atoms with van der Waals surface area (Å²) in [6, 6.07) is -0.142. The van der Waals surface area contributed by atoms with Crippen LogP contribution in [0.3, 0.4) is 0 Å². The average Bonchev–Trinajstić information content (AvgIpc) is 3.36. The Morgan fingerprint density at radius 1 is 1.00 bits per heavy atom. The summed E-state index contributed by atoms with van der Waals surface area (Å²) in [5.41, 5.74) is 0.138. The number of ether oxygens (including phenoxy) is 1. The van der Waals surface area contributed by atoms with Crippen LogP contribution in [0.1, 0.15) is 12.8 Å². The first-order chi connectivity index (χ1) is 14.4. The number of carbonyl (C=O) groups excluding carboxylic acids is 1. The maximum atomic E-state index is 12.3. The molecule has 3 N–H and O–H groups in total. The van der Waals surface area contributed by atoms with Crippen LogP contribution in [0.2, 0.25) is 10.0 Å². The number of rotatable bonds is 4. The molecule has 0 unspecified atom stereocenters. The third kappa shape index (κ3) is 4.21. The zero-order chi connectivity index (χ0) is 21.3. The molecule has 0 spiro atoms. The van der Waals surface area contributed by atoms with E-state index in [2.05, 4.69) is 25.7 Å². The van der Waals surface area contributed by atoms with Gasteiger partial charge in [-0.1, -0.05) is 23.2 Å². The fourth-order valence-electron chi connectivity index (χ4n) is 3.68. The van der Waals surface area contributed by atoms with Crippen LogP contribution >= 0.6 is 23.2 Å². The maximum Gasteiger partial charge on any atom is 0.407 e. The first kappa shape index (κ1) is 20.5. The summed E-state index contributed by atoms with van der Waals surface area (Å²) in [5, 5.41) is 15.1. The lowest BCUT2D eigenvalue weighted by atomic mass is 10.3. The van der Waals surface area contributed by atoms with Gasteiger partial charge < -0.3 is 19.9 Å². The van der Waals surface area contributed by atoms with Crippen LogP contribution in [0.5, 0.6) is 0 Å². The van der Waals surface area contributed by atoms with Crippen LogP contribution in [0.4, 0.5) is 16.2 Å². The van der Waals surface area contributed by atoms with Crippen molar-refractivity contribution in [1.82, 2.24) is 25.7 Å². The standard InChI is InChI=1S/C17H19Cl2N7O4/c18-13-11(5-20-23-15(13)27)25-3-1-9(7-25)22-17(29)30-10-2-4-26(8-10)12-6-21-24-16(28)14(12)19/h5-6,9-10H,1-4,7-8H2,(H,22,29)(H,23,27)(H,24,28)/t9-,10+/m0/s1. The van der Waals surface area contributed by atoms with E-state index in [-0.39, 0.29) is 22.2 Å². The number of H-pyrrole nitrogens is 2. The zero-order valence-electron chi connectivity index (χ0n) is 15.7. The summed E-state index contributed by atoms with van der Waals surface area (Å²) in [6.45, 7) is 2.13. The van der Waals surface area contributed by atoms with Gasteiger partial charge in [0.25, 0.3) is 11.1 Å². The number of anilines is 2. The van der Waals surface area contributed by atoms with Crippen molar-refractivity contribution in [3.8, 4) is 0 Å². The number of hydrogen-bond acceptors (Lipinski definition) is 8. The molecule has 0 aromatic carbocycles. The molecule has 2 aromatic heterocycles. The lowest BCUT2D eigenvalue weighted by Crippen LogP contribution is -2.39. The van der Waals surface area contributed by atoms with E-state index < -0.39 is 17.2 Å². The van der Waals surface area contributed by atoms with E-state index in [1.165, 1.54) is 12.4 Å². The average molecular weight is 456 g/mol. The molecule has 30 heavy (non-hydrogen) atoms. The molecule has 0 saturated carbocycles. The third-order valence-electron chi connectivity index (χ3n) is 5.16. The molecule has 13 heteroatoms. The normalized spacial score (nSPS) is 21.1. The van der Waals surface area contributed by atoms with Gasteiger partial charge >= 0.3 is 6.09 Å². The first-order valence-electron chi connectivity index (χ1n) is 9.35. The van der Waals surface area contributed by atoms with Crippen LogP contribution in [-0.2, 0) is 4.74 Å². The van der Waals surface area contributed by atoms with E-state index in [1.54, 1.807) is 0 Å². The van der Waals surface area contributed by atoms with Gasteiger partial charge in [-0.25, -0.2) is 15.0 Å². The lowest BCUT2D eigenvalue weighted by molar-refractivity contribution is 0.105. The molecule has 0 bridgehead atoms. The van der Waals surface area contributed by atoms with Gasteiger partial charge in [0, 0.05) is 26.1 Å². The number of aromatic nitrogens is 4. The number of amides is 1. The molecule has 2 atom stereocenters. The van der Waals surface area contributed by atoms with Gasteiger partial charge in [0.15, 0.2) is 0 Å². The Bertz CT molecular complexity index is 977. The predicted octanol–water partition coefficient (Wildman–Crippen LogP) is 0.744. The molecule has 1 amide bonds. The Labute approximate surface area is 180 Å². The molecular weight excluding hydrogens is 437 g/mol. The summed E-state index contributed by atoms with van der Waals surface area (Å²) >= 11 is 12.1. The first-order valence-corrected chi connectivity index (χ1v) is 10.1. The second-order valence-corrected chi connectivity index (χ2v) is 7.89. The number of carbonyl (C=O) groups is 1. The molecule has 2 aliphatic heterocycles. The largest absolute Gasteiger partial charge is 0.444 e. The minimum Gasteiger partial charge on any atom is -0.444 e. The van der Waals surface area contributed by atoms with E-state index in [4.69, 9.17) is 27.9 Å². The highest BCUT2D eigenvalue weighted by Gasteiger charge is 2.30.